The van der Waals surface area contributed by atoms with Crippen molar-refractivity contribution in [3.05, 3.63) is 0 Å². The average Bonchev–Trinajstić information content (AvgIpc) is 2.33. The first kappa shape index (κ1) is 19.0. The van der Waals surface area contributed by atoms with Gasteiger partial charge in [0.25, 0.3) is 0 Å². The van der Waals surface area contributed by atoms with Crippen LogP contribution in [-0.2, 0) is 9.47 Å². The maximum absolute atomic E-state index is 11.2. The Labute approximate surface area is 125 Å². The lowest BCUT2D eigenvalue weighted by Crippen LogP contribution is -2.54. The summed E-state index contributed by atoms with van der Waals surface area (Å²) in [5, 5.41) is 6.23. The van der Waals surface area contributed by atoms with Crippen molar-refractivity contribution >= 4 is 23.1 Å². The number of nitrogens with one attached hydrogen (secondary N) is 2. The van der Waals surface area contributed by atoms with E-state index in [1.54, 1.807) is 6.92 Å². The molecule has 1 fully saturated rings. The summed E-state index contributed by atoms with van der Waals surface area (Å²) in [5.74, 6) is 0. The van der Waals surface area contributed by atoms with E-state index < -0.39 is 5.43 Å². The van der Waals surface area contributed by atoms with Gasteiger partial charge in [-0.2, -0.15) is 0 Å². The van der Waals surface area contributed by atoms with Crippen molar-refractivity contribution in [3.63, 3.8) is 0 Å². The molecular weight excluding hydrogens is 284 g/mol. The lowest BCUT2D eigenvalue weighted by Gasteiger charge is -2.39. The van der Waals surface area contributed by atoms with Gasteiger partial charge >= 0.3 is 11.5 Å². The Morgan fingerprint density at radius 2 is 1.90 bits per heavy atom. The fourth-order valence-electron chi connectivity index (χ4n) is 1.87. The van der Waals surface area contributed by atoms with Crippen LogP contribution >= 0.6 is 11.6 Å². The van der Waals surface area contributed by atoms with Crippen LogP contribution in [-0.4, -0.2) is 43.9 Å². The van der Waals surface area contributed by atoms with Gasteiger partial charge in [-0.05, 0) is 32.2 Å². The van der Waals surface area contributed by atoms with Crippen LogP contribution < -0.4 is 10.6 Å². The van der Waals surface area contributed by atoms with Gasteiger partial charge in [-0.25, -0.2) is 9.59 Å². The van der Waals surface area contributed by atoms with Gasteiger partial charge in [0.05, 0.1) is 13.2 Å². The zero-order valence-electron chi connectivity index (χ0n) is 12.6. The molecule has 6 nitrogen and oxygen atoms in total. The molecule has 1 amide bonds. The lowest BCUT2D eigenvalue weighted by molar-refractivity contribution is 0.124. The Hall–Kier alpha value is -1.01. The number of piperidine rings is 1. The number of alkyl carbamates (subject to hydrolysis) is 1. The van der Waals surface area contributed by atoms with Crippen LogP contribution in [0, 0.1) is 5.41 Å². The van der Waals surface area contributed by atoms with Crippen LogP contribution in [0.5, 0.6) is 0 Å². The Balaban J connectivity index is 0.000000511. The highest BCUT2D eigenvalue weighted by Crippen LogP contribution is 2.24. The molecule has 118 valence electrons. The summed E-state index contributed by atoms with van der Waals surface area (Å²) in [6.07, 6.45) is 0.665. The fraction of sp³-hybridized carbons (Fsp3) is 0.846. The molecule has 7 heteroatoms. The molecule has 0 spiro atoms. The molecule has 1 aliphatic rings. The molecule has 0 aromatic carbocycles. The van der Waals surface area contributed by atoms with Gasteiger partial charge in [-0.15, -0.1) is 0 Å². The second-order valence-electron chi connectivity index (χ2n) is 5.04. The Morgan fingerprint density at radius 3 is 2.30 bits per heavy atom. The number of carbonyl (C=O) groups excluding carboxylic acids is 2. The molecule has 1 saturated heterocycles. The van der Waals surface area contributed by atoms with E-state index in [-0.39, 0.29) is 17.6 Å². The van der Waals surface area contributed by atoms with Crippen molar-refractivity contribution in [2.75, 3.05) is 26.3 Å². The van der Waals surface area contributed by atoms with E-state index in [4.69, 9.17) is 16.3 Å². The van der Waals surface area contributed by atoms with Gasteiger partial charge in [0, 0.05) is 24.2 Å². The van der Waals surface area contributed by atoms with Crippen molar-refractivity contribution in [1.82, 2.24) is 10.6 Å². The van der Waals surface area contributed by atoms with E-state index in [1.807, 2.05) is 6.92 Å². The van der Waals surface area contributed by atoms with Gasteiger partial charge in [0.2, 0.25) is 0 Å². The number of hydrogen-bond acceptors (Lipinski definition) is 5. The number of rotatable bonds is 3. The summed E-state index contributed by atoms with van der Waals surface area (Å²) in [6, 6.07) is 0.211. The van der Waals surface area contributed by atoms with Crippen molar-refractivity contribution < 1.29 is 19.1 Å². The second kappa shape index (κ2) is 9.83. The van der Waals surface area contributed by atoms with Crippen LogP contribution in [0.25, 0.3) is 0 Å². The first-order valence-electron chi connectivity index (χ1n) is 6.79. The molecular formula is C13H25ClN2O4. The fourth-order valence-corrected chi connectivity index (χ4v) is 1.98. The SMILES string of the molecule is CCOC(=O)Cl.CCOC(=O)NC1CCNCC1(C)C. The van der Waals surface area contributed by atoms with Gasteiger partial charge in [-0.1, -0.05) is 13.8 Å². The summed E-state index contributed by atoms with van der Waals surface area (Å²) in [6.45, 7) is 10.5. The maximum Gasteiger partial charge on any atom is 0.407 e. The Morgan fingerprint density at radius 1 is 1.30 bits per heavy atom. The number of hydrogen-bond donors (Lipinski definition) is 2. The number of amides is 1. The molecule has 0 saturated carbocycles. The molecule has 0 aromatic heterocycles. The number of ether oxygens (including phenoxy) is 2. The highest BCUT2D eigenvalue weighted by molar-refractivity contribution is 6.61. The van der Waals surface area contributed by atoms with Gasteiger partial charge in [-0.3, -0.25) is 0 Å². The molecule has 0 bridgehead atoms. The van der Waals surface area contributed by atoms with E-state index >= 15 is 0 Å². The zero-order valence-corrected chi connectivity index (χ0v) is 13.4. The third kappa shape index (κ3) is 8.22. The van der Waals surface area contributed by atoms with E-state index in [0.717, 1.165) is 19.5 Å². The quantitative estimate of drug-likeness (QED) is 0.783. The lowest BCUT2D eigenvalue weighted by atomic mass is 9.80. The molecule has 2 N–H and O–H groups in total. The zero-order chi connectivity index (χ0) is 15.6. The minimum absolute atomic E-state index is 0.102. The molecule has 20 heavy (non-hydrogen) atoms. The Kier molecular flexibility index (Phi) is 9.33. The highest BCUT2D eigenvalue weighted by atomic mass is 35.5. The smallest absolute Gasteiger partial charge is 0.407 e. The second-order valence-corrected chi connectivity index (χ2v) is 5.35. The van der Waals surface area contributed by atoms with Crippen LogP contribution in [0.2, 0.25) is 0 Å². The van der Waals surface area contributed by atoms with Crippen molar-refractivity contribution in [3.8, 4) is 0 Å². The summed E-state index contributed by atoms with van der Waals surface area (Å²) < 4.78 is 9.04. The third-order valence-electron chi connectivity index (χ3n) is 2.96. The molecule has 1 heterocycles. The maximum atomic E-state index is 11.2. The van der Waals surface area contributed by atoms with Gasteiger partial charge < -0.3 is 20.1 Å². The van der Waals surface area contributed by atoms with Gasteiger partial charge in [0.1, 0.15) is 0 Å². The van der Waals surface area contributed by atoms with E-state index in [9.17, 15) is 9.59 Å². The summed E-state index contributed by atoms with van der Waals surface area (Å²) in [4.78, 5) is 20.8. The Bertz CT molecular complexity index is 311. The summed E-state index contributed by atoms with van der Waals surface area (Å²) in [5.41, 5.74) is -0.636. The molecule has 0 aliphatic carbocycles. The van der Waals surface area contributed by atoms with E-state index in [2.05, 4.69) is 29.2 Å². The number of carbonyl (C=O) groups is 2. The molecule has 1 unspecified atom stereocenters. The van der Waals surface area contributed by atoms with E-state index in [0.29, 0.717) is 13.2 Å². The minimum Gasteiger partial charge on any atom is -0.454 e. The topological polar surface area (TPSA) is 76.7 Å². The predicted octanol–water partition coefficient (Wildman–Crippen LogP) is 2.50. The largest absolute Gasteiger partial charge is 0.454 e. The predicted molar refractivity (Wildman–Crippen MR) is 78.1 cm³/mol. The highest BCUT2D eigenvalue weighted by Gasteiger charge is 2.33. The van der Waals surface area contributed by atoms with Crippen LogP contribution in [0.3, 0.4) is 0 Å². The van der Waals surface area contributed by atoms with Crippen LogP contribution in [0.15, 0.2) is 0 Å². The summed E-state index contributed by atoms with van der Waals surface area (Å²) >= 11 is 4.72. The summed E-state index contributed by atoms with van der Waals surface area (Å²) in [7, 11) is 0. The average molecular weight is 309 g/mol. The molecule has 1 atom stereocenters. The van der Waals surface area contributed by atoms with Crippen LogP contribution in [0.4, 0.5) is 9.59 Å². The van der Waals surface area contributed by atoms with Crippen molar-refractivity contribution in [2.45, 2.75) is 40.2 Å². The van der Waals surface area contributed by atoms with Crippen molar-refractivity contribution in [2.24, 2.45) is 5.41 Å². The minimum atomic E-state index is -0.738. The standard InChI is InChI=1S/C10H20N2O2.C3H5ClO2/c1-4-14-9(13)12-8-5-6-11-7-10(8,2)3;1-2-6-3(4)5/h8,11H,4-7H2,1-3H3,(H,12,13);2H2,1H3. The third-order valence-corrected chi connectivity index (χ3v) is 3.07. The molecule has 1 rings (SSSR count). The normalized spacial score (nSPS) is 20.1. The first-order valence-corrected chi connectivity index (χ1v) is 7.17. The van der Waals surface area contributed by atoms with E-state index in [1.165, 1.54) is 0 Å². The van der Waals surface area contributed by atoms with Crippen molar-refractivity contribution in [1.29, 1.82) is 0 Å². The molecule has 0 aromatic rings. The monoisotopic (exact) mass is 308 g/mol. The molecule has 1 aliphatic heterocycles. The van der Waals surface area contributed by atoms with Gasteiger partial charge in [0.15, 0.2) is 0 Å². The van der Waals surface area contributed by atoms with Crippen LogP contribution in [0.1, 0.15) is 34.1 Å². The molecule has 0 radical (unpaired) electrons. The first-order chi connectivity index (χ1) is 9.33. The number of halogens is 1.